The minimum Gasteiger partial charge on any atom is -0.369 e. The Bertz CT molecular complexity index is 425. The third-order valence-corrected chi connectivity index (χ3v) is 1.86. The van der Waals surface area contributed by atoms with E-state index in [9.17, 15) is 4.79 Å². The van der Waals surface area contributed by atoms with E-state index in [2.05, 4.69) is 27.1 Å². The van der Waals surface area contributed by atoms with Gasteiger partial charge in [0.15, 0.2) is 0 Å². The molecule has 0 aliphatic rings. The van der Waals surface area contributed by atoms with E-state index >= 15 is 0 Å². The van der Waals surface area contributed by atoms with Crippen molar-refractivity contribution in [2.24, 2.45) is 0 Å². The molecule has 2 N–H and O–H groups in total. The van der Waals surface area contributed by atoms with Crippen LogP contribution in [0.3, 0.4) is 0 Å². The fourth-order valence-electron chi connectivity index (χ4n) is 1.14. The molecule has 1 heterocycles. The first-order valence-corrected chi connectivity index (χ1v) is 5.00. The van der Waals surface area contributed by atoms with Crippen LogP contribution in [-0.4, -0.2) is 16.5 Å². The Morgan fingerprint density at radius 2 is 2.40 bits per heavy atom. The van der Waals surface area contributed by atoms with Crippen molar-refractivity contribution in [3.63, 3.8) is 0 Å². The van der Waals surface area contributed by atoms with E-state index in [-0.39, 0.29) is 5.56 Å². The molecule has 0 aromatic carbocycles. The summed E-state index contributed by atoms with van der Waals surface area (Å²) in [5.41, 5.74) is -0.120. The van der Waals surface area contributed by atoms with Crippen LogP contribution in [0, 0.1) is 11.8 Å². The zero-order valence-corrected chi connectivity index (χ0v) is 9.05. The van der Waals surface area contributed by atoms with Crippen molar-refractivity contribution in [1.82, 2.24) is 9.97 Å². The first kappa shape index (κ1) is 11.3. The third-order valence-electron chi connectivity index (χ3n) is 1.86. The molecular weight excluding hydrogens is 190 g/mol. The lowest BCUT2D eigenvalue weighted by Gasteiger charge is -2.03. The van der Waals surface area contributed by atoms with Gasteiger partial charge in [0.25, 0.3) is 5.56 Å². The van der Waals surface area contributed by atoms with E-state index in [0.29, 0.717) is 18.2 Å². The summed E-state index contributed by atoms with van der Waals surface area (Å²) in [4.78, 5) is 18.1. The number of hydrogen-bond acceptors (Lipinski definition) is 3. The number of anilines is 1. The standard InChI is InChI=1S/C11H15N3O/c1-3-5-6-7-12-10-8-11(15)14-9(4-2)13-10/h8H,4,6-7H2,1-2H3,(H2,12,13,14,15). The van der Waals surface area contributed by atoms with Gasteiger partial charge in [0.2, 0.25) is 0 Å². The quantitative estimate of drug-likeness (QED) is 0.573. The summed E-state index contributed by atoms with van der Waals surface area (Å²) in [6, 6.07) is 1.46. The summed E-state index contributed by atoms with van der Waals surface area (Å²) >= 11 is 0. The lowest BCUT2D eigenvalue weighted by atomic mass is 10.4. The Hall–Kier alpha value is -1.76. The summed E-state index contributed by atoms with van der Waals surface area (Å²) in [7, 11) is 0. The molecule has 15 heavy (non-hydrogen) atoms. The number of aromatic amines is 1. The molecule has 0 saturated carbocycles. The summed E-state index contributed by atoms with van der Waals surface area (Å²) in [6.45, 7) is 4.46. The van der Waals surface area contributed by atoms with Gasteiger partial charge >= 0.3 is 0 Å². The van der Waals surface area contributed by atoms with E-state index in [0.717, 1.165) is 12.8 Å². The lowest BCUT2D eigenvalue weighted by molar-refractivity contribution is 0.914. The van der Waals surface area contributed by atoms with Gasteiger partial charge in [-0.1, -0.05) is 6.92 Å². The fraction of sp³-hybridized carbons (Fsp3) is 0.455. The Balaban J connectivity index is 2.63. The zero-order valence-electron chi connectivity index (χ0n) is 9.05. The number of rotatable bonds is 4. The summed E-state index contributed by atoms with van der Waals surface area (Å²) in [5.74, 6) is 7.06. The van der Waals surface area contributed by atoms with Gasteiger partial charge in [0.1, 0.15) is 11.6 Å². The molecule has 0 unspecified atom stereocenters. The number of aromatic nitrogens is 2. The molecule has 0 radical (unpaired) electrons. The average molecular weight is 205 g/mol. The summed E-state index contributed by atoms with van der Waals surface area (Å²) in [5, 5.41) is 3.06. The van der Waals surface area contributed by atoms with Gasteiger partial charge in [-0.2, -0.15) is 0 Å². The van der Waals surface area contributed by atoms with Crippen LogP contribution >= 0.6 is 0 Å². The molecule has 1 aromatic rings. The Labute approximate surface area is 89.1 Å². The maximum Gasteiger partial charge on any atom is 0.252 e. The van der Waals surface area contributed by atoms with Crippen molar-refractivity contribution in [1.29, 1.82) is 0 Å². The van der Waals surface area contributed by atoms with Crippen molar-refractivity contribution in [2.75, 3.05) is 11.9 Å². The molecular formula is C11H15N3O. The van der Waals surface area contributed by atoms with Gasteiger partial charge < -0.3 is 10.3 Å². The number of aryl methyl sites for hydroxylation is 1. The fourth-order valence-corrected chi connectivity index (χ4v) is 1.14. The maximum atomic E-state index is 11.2. The topological polar surface area (TPSA) is 57.8 Å². The number of H-pyrrole nitrogens is 1. The predicted molar refractivity (Wildman–Crippen MR) is 60.8 cm³/mol. The second kappa shape index (κ2) is 5.86. The van der Waals surface area contributed by atoms with Gasteiger partial charge in [0.05, 0.1) is 0 Å². The average Bonchev–Trinajstić information content (AvgIpc) is 2.23. The van der Waals surface area contributed by atoms with E-state index < -0.39 is 0 Å². The highest BCUT2D eigenvalue weighted by Crippen LogP contribution is 1.98. The maximum absolute atomic E-state index is 11.2. The smallest absolute Gasteiger partial charge is 0.252 e. The van der Waals surface area contributed by atoms with E-state index in [1.165, 1.54) is 6.07 Å². The second-order valence-electron chi connectivity index (χ2n) is 3.03. The molecule has 0 atom stereocenters. The van der Waals surface area contributed by atoms with Gasteiger partial charge in [-0.3, -0.25) is 4.79 Å². The first-order chi connectivity index (χ1) is 7.26. The molecule has 0 aliphatic carbocycles. The van der Waals surface area contributed by atoms with E-state index in [4.69, 9.17) is 0 Å². The molecule has 1 rings (SSSR count). The van der Waals surface area contributed by atoms with Crippen LogP contribution in [-0.2, 0) is 6.42 Å². The van der Waals surface area contributed by atoms with Crippen molar-refractivity contribution in [3.05, 3.63) is 22.2 Å². The second-order valence-corrected chi connectivity index (χ2v) is 3.03. The van der Waals surface area contributed by atoms with Crippen molar-refractivity contribution >= 4 is 5.82 Å². The van der Waals surface area contributed by atoms with Crippen LogP contribution in [0.5, 0.6) is 0 Å². The molecule has 0 spiro atoms. The lowest BCUT2D eigenvalue weighted by Crippen LogP contribution is -2.13. The van der Waals surface area contributed by atoms with Gasteiger partial charge in [-0.15, -0.1) is 11.8 Å². The molecule has 0 saturated heterocycles. The minimum atomic E-state index is -0.120. The highest BCUT2D eigenvalue weighted by Gasteiger charge is 1.97. The molecule has 4 nitrogen and oxygen atoms in total. The molecule has 0 aliphatic heterocycles. The third kappa shape index (κ3) is 3.86. The molecule has 0 bridgehead atoms. The van der Waals surface area contributed by atoms with Crippen molar-refractivity contribution in [3.8, 4) is 11.8 Å². The van der Waals surface area contributed by atoms with Gasteiger partial charge in [-0.25, -0.2) is 4.98 Å². The Kier molecular flexibility index (Phi) is 4.42. The van der Waals surface area contributed by atoms with Gasteiger partial charge in [0, 0.05) is 25.5 Å². The summed E-state index contributed by atoms with van der Waals surface area (Å²) < 4.78 is 0. The predicted octanol–water partition coefficient (Wildman–Crippen LogP) is 1.16. The van der Waals surface area contributed by atoms with Crippen LogP contribution in [0.2, 0.25) is 0 Å². The van der Waals surface area contributed by atoms with Crippen LogP contribution in [0.25, 0.3) is 0 Å². The molecule has 4 heteroatoms. The summed E-state index contributed by atoms with van der Waals surface area (Å²) in [6.07, 6.45) is 1.48. The molecule has 0 amide bonds. The SMILES string of the molecule is CC#CCCNc1cc(=O)[nH]c(CC)n1. The first-order valence-electron chi connectivity index (χ1n) is 5.00. The van der Waals surface area contributed by atoms with E-state index in [1.54, 1.807) is 6.92 Å². The Morgan fingerprint density at radius 1 is 1.60 bits per heavy atom. The monoisotopic (exact) mass is 205 g/mol. The number of nitrogens with one attached hydrogen (secondary N) is 2. The molecule has 1 aromatic heterocycles. The normalized spacial score (nSPS) is 9.20. The van der Waals surface area contributed by atoms with Crippen LogP contribution in [0.4, 0.5) is 5.82 Å². The van der Waals surface area contributed by atoms with Crippen LogP contribution in [0.1, 0.15) is 26.1 Å². The highest BCUT2D eigenvalue weighted by atomic mass is 16.1. The minimum absolute atomic E-state index is 0.120. The largest absolute Gasteiger partial charge is 0.369 e. The highest BCUT2D eigenvalue weighted by molar-refractivity contribution is 5.33. The zero-order chi connectivity index (χ0) is 11.1. The Morgan fingerprint density at radius 3 is 3.07 bits per heavy atom. The number of nitrogens with zero attached hydrogens (tertiary/aromatic N) is 1. The molecule has 0 fully saturated rings. The molecule has 80 valence electrons. The van der Waals surface area contributed by atoms with Crippen LogP contribution < -0.4 is 10.9 Å². The number of hydrogen-bond donors (Lipinski definition) is 2. The van der Waals surface area contributed by atoms with Crippen molar-refractivity contribution < 1.29 is 0 Å². The van der Waals surface area contributed by atoms with E-state index in [1.807, 2.05) is 6.92 Å². The van der Waals surface area contributed by atoms with Gasteiger partial charge in [-0.05, 0) is 6.92 Å². The van der Waals surface area contributed by atoms with Crippen LogP contribution in [0.15, 0.2) is 10.9 Å². The van der Waals surface area contributed by atoms with Crippen molar-refractivity contribution in [2.45, 2.75) is 26.7 Å².